The maximum atomic E-state index is 12.2. The van der Waals surface area contributed by atoms with Gasteiger partial charge in [-0.2, -0.15) is 0 Å². The van der Waals surface area contributed by atoms with Crippen LogP contribution >= 0.6 is 23.1 Å². The molecule has 3 rings (SSSR count). The average Bonchev–Trinajstić information content (AvgIpc) is 3.21. The second-order valence-corrected chi connectivity index (χ2v) is 7.18. The summed E-state index contributed by atoms with van der Waals surface area (Å²) in [7, 11) is 0. The summed E-state index contributed by atoms with van der Waals surface area (Å²) in [5.74, 6) is 0.754. The number of aromatic nitrogens is 4. The number of hydrogen-bond donors (Lipinski definition) is 1. The summed E-state index contributed by atoms with van der Waals surface area (Å²) in [6.07, 6.45) is 5.42. The van der Waals surface area contributed by atoms with E-state index >= 15 is 0 Å². The summed E-state index contributed by atoms with van der Waals surface area (Å²) in [6.45, 7) is 2.78. The second kappa shape index (κ2) is 7.38. The fourth-order valence-electron chi connectivity index (χ4n) is 1.96. The first-order valence-electron chi connectivity index (χ1n) is 7.07. The lowest BCUT2D eigenvalue weighted by molar-refractivity contribution is 0.102. The van der Waals surface area contributed by atoms with Gasteiger partial charge in [-0.15, -0.1) is 10.2 Å². The molecule has 0 bridgehead atoms. The molecule has 0 aliphatic carbocycles. The topological polar surface area (TPSA) is 72.7 Å². The summed E-state index contributed by atoms with van der Waals surface area (Å²) in [5, 5.41) is 11.3. The molecular weight excluding hydrogens is 330 g/mol. The lowest BCUT2D eigenvalue weighted by Gasteiger charge is -2.05. The molecule has 0 atom stereocenters. The molecule has 1 amide bonds. The van der Waals surface area contributed by atoms with Crippen LogP contribution in [0.4, 0.5) is 5.13 Å². The highest BCUT2D eigenvalue weighted by Crippen LogP contribution is 2.25. The molecule has 0 saturated carbocycles. The van der Waals surface area contributed by atoms with E-state index in [-0.39, 0.29) is 5.91 Å². The van der Waals surface area contributed by atoms with E-state index in [4.69, 9.17) is 0 Å². The first kappa shape index (κ1) is 15.7. The third-order valence-electron chi connectivity index (χ3n) is 3.04. The minimum Gasteiger partial charge on any atom is -0.333 e. The van der Waals surface area contributed by atoms with Crippen molar-refractivity contribution in [2.75, 3.05) is 11.1 Å². The van der Waals surface area contributed by atoms with Gasteiger partial charge in [0.1, 0.15) is 0 Å². The van der Waals surface area contributed by atoms with Crippen LogP contribution in [0, 0.1) is 0 Å². The van der Waals surface area contributed by atoms with E-state index in [1.54, 1.807) is 24.3 Å². The SMILES string of the molecule is CCSc1nnc(NC(=O)c2ccc(Cn3ccnc3)cc2)s1. The maximum Gasteiger partial charge on any atom is 0.257 e. The summed E-state index contributed by atoms with van der Waals surface area (Å²) < 4.78 is 2.84. The van der Waals surface area contributed by atoms with Gasteiger partial charge >= 0.3 is 0 Å². The van der Waals surface area contributed by atoms with Gasteiger partial charge in [0.15, 0.2) is 4.34 Å². The highest BCUT2D eigenvalue weighted by atomic mass is 32.2. The normalized spacial score (nSPS) is 10.7. The molecule has 0 aliphatic heterocycles. The molecule has 1 aromatic carbocycles. The lowest BCUT2D eigenvalue weighted by atomic mass is 10.1. The zero-order chi connectivity index (χ0) is 16.1. The van der Waals surface area contributed by atoms with Gasteiger partial charge in [-0.3, -0.25) is 10.1 Å². The largest absolute Gasteiger partial charge is 0.333 e. The molecule has 0 aliphatic rings. The van der Waals surface area contributed by atoms with E-state index in [9.17, 15) is 4.79 Å². The molecule has 118 valence electrons. The highest BCUT2D eigenvalue weighted by molar-refractivity contribution is 8.01. The number of carbonyl (C=O) groups is 1. The van der Waals surface area contributed by atoms with Gasteiger partial charge in [0, 0.05) is 24.5 Å². The van der Waals surface area contributed by atoms with Crippen LogP contribution in [0.5, 0.6) is 0 Å². The van der Waals surface area contributed by atoms with Crippen LogP contribution in [0.1, 0.15) is 22.8 Å². The van der Waals surface area contributed by atoms with Gasteiger partial charge in [0.05, 0.1) is 6.33 Å². The molecule has 6 nitrogen and oxygen atoms in total. The molecule has 0 spiro atoms. The van der Waals surface area contributed by atoms with Crippen molar-refractivity contribution in [1.82, 2.24) is 19.7 Å². The summed E-state index contributed by atoms with van der Waals surface area (Å²) in [5.41, 5.74) is 1.70. The molecule has 0 radical (unpaired) electrons. The van der Waals surface area contributed by atoms with Crippen LogP contribution in [0.2, 0.25) is 0 Å². The predicted molar refractivity (Wildman–Crippen MR) is 92.0 cm³/mol. The van der Waals surface area contributed by atoms with E-state index in [1.165, 1.54) is 11.3 Å². The zero-order valence-corrected chi connectivity index (χ0v) is 14.1. The molecule has 2 aromatic heterocycles. The van der Waals surface area contributed by atoms with Crippen molar-refractivity contribution in [1.29, 1.82) is 0 Å². The van der Waals surface area contributed by atoms with Gasteiger partial charge in [-0.05, 0) is 23.4 Å². The molecule has 2 heterocycles. The summed E-state index contributed by atoms with van der Waals surface area (Å²) in [4.78, 5) is 16.2. The first-order valence-corrected chi connectivity index (χ1v) is 8.87. The molecule has 0 unspecified atom stereocenters. The van der Waals surface area contributed by atoms with Gasteiger partial charge in [0.25, 0.3) is 5.91 Å². The standard InChI is InChI=1S/C15H15N5OS2/c1-2-22-15-19-18-14(23-15)17-13(21)12-5-3-11(4-6-12)9-20-8-7-16-10-20/h3-8,10H,2,9H2,1H3,(H,17,18,21). The Morgan fingerprint density at radius 2 is 2.13 bits per heavy atom. The fourth-order valence-corrected chi connectivity index (χ4v) is 3.61. The molecule has 0 fully saturated rings. The monoisotopic (exact) mass is 345 g/mol. The van der Waals surface area contributed by atoms with Crippen molar-refractivity contribution in [2.24, 2.45) is 0 Å². The van der Waals surface area contributed by atoms with Gasteiger partial charge in [-0.1, -0.05) is 42.2 Å². The van der Waals surface area contributed by atoms with Crippen LogP contribution in [0.3, 0.4) is 0 Å². The molecule has 0 saturated heterocycles. The Balaban J connectivity index is 1.62. The predicted octanol–water partition coefficient (Wildman–Crippen LogP) is 3.15. The van der Waals surface area contributed by atoms with E-state index in [0.717, 1.165) is 22.2 Å². The summed E-state index contributed by atoms with van der Waals surface area (Å²) in [6, 6.07) is 7.50. The first-order chi connectivity index (χ1) is 11.2. The van der Waals surface area contributed by atoms with E-state index < -0.39 is 0 Å². The van der Waals surface area contributed by atoms with Crippen LogP contribution in [-0.4, -0.2) is 31.4 Å². The van der Waals surface area contributed by atoms with E-state index in [1.807, 2.05) is 35.0 Å². The summed E-state index contributed by atoms with van der Waals surface area (Å²) >= 11 is 2.99. The van der Waals surface area contributed by atoms with E-state index in [0.29, 0.717) is 10.7 Å². The minimum atomic E-state index is -0.177. The van der Waals surface area contributed by atoms with Crippen molar-refractivity contribution < 1.29 is 4.79 Å². The van der Waals surface area contributed by atoms with Gasteiger partial charge in [0.2, 0.25) is 5.13 Å². The number of hydrogen-bond acceptors (Lipinski definition) is 6. The Kier molecular flexibility index (Phi) is 5.04. The van der Waals surface area contributed by atoms with Crippen molar-refractivity contribution in [3.05, 3.63) is 54.1 Å². The Labute approximate surface area is 142 Å². The Morgan fingerprint density at radius 3 is 2.83 bits per heavy atom. The second-order valence-electron chi connectivity index (χ2n) is 4.69. The van der Waals surface area contributed by atoms with Crippen LogP contribution < -0.4 is 5.32 Å². The highest BCUT2D eigenvalue weighted by Gasteiger charge is 2.10. The molecular formula is C15H15N5OS2. The Bertz CT molecular complexity index is 768. The smallest absolute Gasteiger partial charge is 0.257 e. The quantitative estimate of drug-likeness (QED) is 0.549. The Morgan fingerprint density at radius 1 is 1.30 bits per heavy atom. The maximum absolute atomic E-state index is 12.2. The third kappa shape index (κ3) is 4.17. The minimum absolute atomic E-state index is 0.177. The van der Waals surface area contributed by atoms with Gasteiger partial charge in [-0.25, -0.2) is 4.98 Å². The number of anilines is 1. The van der Waals surface area contributed by atoms with Crippen molar-refractivity contribution >= 4 is 34.1 Å². The number of thioether (sulfide) groups is 1. The molecule has 23 heavy (non-hydrogen) atoms. The lowest BCUT2D eigenvalue weighted by Crippen LogP contribution is -2.11. The average molecular weight is 345 g/mol. The molecule has 3 aromatic rings. The van der Waals surface area contributed by atoms with Crippen LogP contribution in [0.25, 0.3) is 0 Å². The Hall–Kier alpha value is -2.19. The zero-order valence-electron chi connectivity index (χ0n) is 12.5. The number of rotatable bonds is 6. The number of benzene rings is 1. The molecule has 1 N–H and O–H groups in total. The number of nitrogens with zero attached hydrogens (tertiary/aromatic N) is 4. The number of nitrogens with one attached hydrogen (secondary N) is 1. The van der Waals surface area contributed by atoms with Crippen LogP contribution in [0.15, 0.2) is 47.3 Å². The van der Waals surface area contributed by atoms with Crippen molar-refractivity contribution in [2.45, 2.75) is 17.8 Å². The van der Waals surface area contributed by atoms with Crippen LogP contribution in [-0.2, 0) is 6.54 Å². The van der Waals surface area contributed by atoms with Crippen molar-refractivity contribution in [3.8, 4) is 0 Å². The molecule has 8 heteroatoms. The number of carbonyl (C=O) groups excluding carboxylic acids is 1. The van der Waals surface area contributed by atoms with Crippen molar-refractivity contribution in [3.63, 3.8) is 0 Å². The van der Waals surface area contributed by atoms with E-state index in [2.05, 4.69) is 27.4 Å². The fraction of sp³-hybridized carbons (Fsp3) is 0.200. The third-order valence-corrected chi connectivity index (χ3v) is 4.89. The van der Waals surface area contributed by atoms with Gasteiger partial charge < -0.3 is 4.57 Å². The number of amides is 1. The number of imidazole rings is 1.